The van der Waals surface area contributed by atoms with Crippen LogP contribution in [0.2, 0.25) is 0 Å². The smallest absolute Gasteiger partial charge is 0.306 e. The van der Waals surface area contributed by atoms with Crippen molar-refractivity contribution in [2.75, 3.05) is 26.2 Å². The molecule has 0 bridgehead atoms. The summed E-state index contributed by atoms with van der Waals surface area (Å²) >= 11 is 2.55. The first-order chi connectivity index (χ1) is 24.9. The normalized spacial score (nSPS) is 12.2. The van der Waals surface area contributed by atoms with Crippen LogP contribution < -0.4 is 0 Å². The second-order valence-corrected chi connectivity index (χ2v) is 17.8. The van der Waals surface area contributed by atoms with Gasteiger partial charge in [-0.05, 0) is 70.9 Å². The fraction of sp³-hybridized carbons (Fsp3) is 0.956. The molecule has 1 atom stereocenters. The van der Waals surface area contributed by atoms with E-state index in [9.17, 15) is 9.59 Å². The van der Waals surface area contributed by atoms with Crippen LogP contribution in [0.5, 0.6) is 0 Å². The highest BCUT2D eigenvalue weighted by Gasteiger charge is 2.14. The lowest BCUT2D eigenvalue weighted by molar-refractivity contribution is -0.150. The first-order valence-corrected chi connectivity index (χ1v) is 23.9. The summed E-state index contributed by atoms with van der Waals surface area (Å²) in [6, 6.07) is 0. The molecule has 0 saturated heterocycles. The lowest BCUT2D eigenvalue weighted by Gasteiger charge is -2.23. The zero-order valence-corrected chi connectivity index (χ0v) is 36.9. The van der Waals surface area contributed by atoms with E-state index in [1.54, 1.807) is 0 Å². The van der Waals surface area contributed by atoms with Gasteiger partial charge < -0.3 is 14.4 Å². The summed E-state index contributed by atoms with van der Waals surface area (Å²) in [5, 5.41) is 0. The Kier molecular flexibility index (Phi) is 40.5. The molecule has 0 spiro atoms. The molecule has 0 aliphatic carbocycles. The molecule has 0 unspecified atom stereocenters. The number of ether oxygens (including phenoxy) is 2. The molecule has 0 aliphatic heterocycles. The third-order valence-corrected chi connectivity index (χ3v) is 10.7. The van der Waals surface area contributed by atoms with Crippen LogP contribution in [-0.2, 0) is 19.1 Å². The molecule has 51 heavy (non-hydrogen) atoms. The fourth-order valence-electron chi connectivity index (χ4n) is 7.05. The monoisotopic (exact) mass is 834 g/mol. The van der Waals surface area contributed by atoms with Crippen LogP contribution in [0, 0.1) is 0 Å². The molecular weight excluding hydrogens is 745 g/mol. The van der Waals surface area contributed by atoms with E-state index >= 15 is 0 Å². The third kappa shape index (κ3) is 39.1. The van der Waals surface area contributed by atoms with Crippen molar-refractivity contribution in [3.05, 3.63) is 0 Å². The van der Waals surface area contributed by atoms with Crippen molar-refractivity contribution in [2.45, 2.75) is 250 Å². The summed E-state index contributed by atoms with van der Waals surface area (Å²) in [5.41, 5.74) is 0. The Morgan fingerprint density at radius 1 is 0.490 bits per heavy atom. The Morgan fingerprint density at radius 2 is 0.863 bits per heavy atom. The number of unbranched alkanes of at least 4 members (excludes halogenated alkanes) is 24. The van der Waals surface area contributed by atoms with E-state index in [2.05, 4.69) is 55.2 Å². The summed E-state index contributed by atoms with van der Waals surface area (Å²) in [5.74, 6) is 0.0345. The van der Waals surface area contributed by atoms with Gasteiger partial charge >= 0.3 is 11.9 Å². The summed E-state index contributed by atoms with van der Waals surface area (Å²) in [4.78, 5) is 27.4. The second-order valence-electron chi connectivity index (χ2n) is 15.7. The summed E-state index contributed by atoms with van der Waals surface area (Å²) in [7, 11) is 0. The molecule has 0 aromatic rings. The van der Waals surface area contributed by atoms with E-state index in [0.29, 0.717) is 23.4 Å². The number of carbonyl (C=O) groups is 2. The highest BCUT2D eigenvalue weighted by molar-refractivity contribution is 14.1. The van der Waals surface area contributed by atoms with Gasteiger partial charge in [0, 0.05) is 23.3 Å². The SMILES string of the molecule is CCCCCCCCCOC(=O)CCCCCCCN(CCCCCCCC(=O)OC(CCCCCCCC)CCCCCCCC)C[C@H](C)I. The van der Waals surface area contributed by atoms with Gasteiger partial charge in [-0.15, -0.1) is 0 Å². The topological polar surface area (TPSA) is 55.8 Å². The number of halogens is 1. The molecule has 0 fully saturated rings. The van der Waals surface area contributed by atoms with Crippen LogP contribution in [0.4, 0.5) is 0 Å². The van der Waals surface area contributed by atoms with Gasteiger partial charge in [-0.2, -0.15) is 0 Å². The van der Waals surface area contributed by atoms with Crippen LogP contribution in [0.15, 0.2) is 0 Å². The van der Waals surface area contributed by atoms with Gasteiger partial charge in [0.1, 0.15) is 6.10 Å². The largest absolute Gasteiger partial charge is 0.466 e. The summed E-state index contributed by atoms with van der Waals surface area (Å²) < 4.78 is 12.1. The maximum Gasteiger partial charge on any atom is 0.306 e. The minimum absolute atomic E-state index is 0.00521. The highest BCUT2D eigenvalue weighted by Crippen LogP contribution is 2.19. The standard InChI is InChI=1S/C45H88INO4/c1-5-8-11-14-17-26-33-40-50-44(48)36-29-22-18-24-31-38-47(41-42(4)46)39-32-25-19-23-30-37-45(49)51-43(34-27-20-15-12-9-6-2)35-28-21-16-13-10-7-3/h42-43H,5-41H2,1-4H3/t42-/m0/s1. The second kappa shape index (κ2) is 40.8. The Balaban J connectivity index is 4.03. The van der Waals surface area contributed by atoms with Gasteiger partial charge in [-0.1, -0.05) is 192 Å². The van der Waals surface area contributed by atoms with Crippen molar-refractivity contribution >= 4 is 34.5 Å². The lowest BCUT2D eigenvalue weighted by Crippen LogP contribution is -2.31. The van der Waals surface area contributed by atoms with E-state index < -0.39 is 0 Å². The van der Waals surface area contributed by atoms with Crippen molar-refractivity contribution < 1.29 is 19.1 Å². The molecule has 5 nitrogen and oxygen atoms in total. The number of alkyl halides is 1. The van der Waals surface area contributed by atoms with E-state index in [1.165, 1.54) is 167 Å². The molecule has 0 amide bonds. The maximum atomic E-state index is 12.7. The summed E-state index contributed by atoms with van der Waals surface area (Å²) in [6.07, 6.45) is 39.2. The zero-order chi connectivity index (χ0) is 37.5. The van der Waals surface area contributed by atoms with E-state index in [1.807, 2.05) is 0 Å². The van der Waals surface area contributed by atoms with Gasteiger partial charge in [0.05, 0.1) is 6.61 Å². The number of rotatable bonds is 41. The van der Waals surface area contributed by atoms with E-state index in [-0.39, 0.29) is 18.0 Å². The number of hydrogen-bond donors (Lipinski definition) is 0. The van der Waals surface area contributed by atoms with E-state index in [0.717, 1.165) is 51.5 Å². The molecule has 0 aromatic carbocycles. The molecule has 6 heteroatoms. The average molecular weight is 834 g/mol. The molecular formula is C45H88INO4. The molecule has 0 radical (unpaired) electrons. The minimum atomic E-state index is -0.00521. The van der Waals surface area contributed by atoms with Crippen molar-refractivity contribution in [3.63, 3.8) is 0 Å². The quantitative estimate of drug-likeness (QED) is 0.0266. The number of carbonyl (C=O) groups excluding carboxylic acids is 2. The Hall–Kier alpha value is -0.370. The van der Waals surface area contributed by atoms with Crippen LogP contribution in [0.25, 0.3) is 0 Å². The van der Waals surface area contributed by atoms with Crippen molar-refractivity contribution in [1.82, 2.24) is 4.90 Å². The molecule has 0 N–H and O–H groups in total. The van der Waals surface area contributed by atoms with Gasteiger partial charge in [-0.3, -0.25) is 9.59 Å². The van der Waals surface area contributed by atoms with E-state index in [4.69, 9.17) is 9.47 Å². The molecule has 0 rings (SSSR count). The van der Waals surface area contributed by atoms with Crippen molar-refractivity contribution in [3.8, 4) is 0 Å². The van der Waals surface area contributed by atoms with Crippen molar-refractivity contribution in [1.29, 1.82) is 0 Å². The number of hydrogen-bond acceptors (Lipinski definition) is 5. The Bertz CT molecular complexity index is 717. The van der Waals surface area contributed by atoms with Crippen LogP contribution in [0.3, 0.4) is 0 Å². The van der Waals surface area contributed by atoms with Gasteiger partial charge in [0.2, 0.25) is 0 Å². The molecule has 0 aromatic heterocycles. The lowest BCUT2D eigenvalue weighted by atomic mass is 10.0. The highest BCUT2D eigenvalue weighted by atomic mass is 127. The molecule has 0 saturated carbocycles. The summed E-state index contributed by atoms with van der Waals surface area (Å²) in [6.45, 7) is 13.2. The molecule has 0 heterocycles. The number of nitrogens with zero attached hydrogens (tertiary/aromatic N) is 1. The average Bonchev–Trinajstić information content (AvgIpc) is 3.10. The predicted octanol–water partition coefficient (Wildman–Crippen LogP) is 14.5. The van der Waals surface area contributed by atoms with Crippen molar-refractivity contribution in [2.24, 2.45) is 0 Å². The van der Waals surface area contributed by atoms with Crippen LogP contribution in [-0.4, -0.2) is 53.1 Å². The zero-order valence-electron chi connectivity index (χ0n) is 34.8. The van der Waals surface area contributed by atoms with Gasteiger partial charge in [0.15, 0.2) is 0 Å². The maximum absolute atomic E-state index is 12.7. The molecule has 304 valence electrons. The predicted molar refractivity (Wildman–Crippen MR) is 230 cm³/mol. The van der Waals surface area contributed by atoms with Gasteiger partial charge in [0.25, 0.3) is 0 Å². The van der Waals surface area contributed by atoms with Crippen LogP contribution in [0.1, 0.15) is 240 Å². The Morgan fingerprint density at radius 3 is 1.31 bits per heavy atom. The third-order valence-electron chi connectivity index (χ3n) is 10.3. The minimum Gasteiger partial charge on any atom is -0.466 e. The molecule has 0 aliphatic rings. The number of esters is 2. The van der Waals surface area contributed by atoms with Gasteiger partial charge in [-0.25, -0.2) is 0 Å². The fourth-order valence-corrected chi connectivity index (χ4v) is 7.61. The van der Waals surface area contributed by atoms with Crippen LogP contribution >= 0.6 is 22.6 Å². The first kappa shape index (κ1) is 50.6. The first-order valence-electron chi connectivity index (χ1n) is 22.6. The Labute approximate surface area is 332 Å².